The largest absolute Gasteiger partial charge is 0.416 e. The molecule has 0 fully saturated rings. The van der Waals surface area contributed by atoms with Crippen molar-refractivity contribution in [2.24, 2.45) is 0 Å². The lowest BCUT2D eigenvalue weighted by molar-refractivity contribution is -0.137. The van der Waals surface area contributed by atoms with E-state index in [1.807, 2.05) is 31.2 Å². The standard InChI is InChI=1S/C22H23F3O/c1-3-7-17-18-9-5-6-10-20(18)21(26,19(17)8-4-2)15-11-13-16(14-12-15)22(23,24)25/h5-6,9-14,26H,3-4,7-8H2,1-2H3. The highest BCUT2D eigenvalue weighted by Gasteiger charge is 2.44. The van der Waals surface area contributed by atoms with Crippen LogP contribution in [0.5, 0.6) is 0 Å². The van der Waals surface area contributed by atoms with Crippen molar-refractivity contribution in [2.45, 2.75) is 51.3 Å². The zero-order valence-corrected chi connectivity index (χ0v) is 15.0. The molecule has 1 atom stereocenters. The van der Waals surface area contributed by atoms with Crippen LogP contribution in [0.25, 0.3) is 5.57 Å². The van der Waals surface area contributed by atoms with E-state index >= 15 is 0 Å². The first-order chi connectivity index (χ1) is 12.3. The van der Waals surface area contributed by atoms with Gasteiger partial charge in [0, 0.05) is 0 Å². The van der Waals surface area contributed by atoms with E-state index in [1.54, 1.807) is 0 Å². The number of alkyl halides is 3. The highest BCUT2D eigenvalue weighted by atomic mass is 19.4. The molecule has 0 aliphatic heterocycles. The van der Waals surface area contributed by atoms with E-state index in [0.717, 1.165) is 53.7 Å². The Morgan fingerprint density at radius 3 is 2.08 bits per heavy atom. The number of hydrogen-bond donors (Lipinski definition) is 1. The summed E-state index contributed by atoms with van der Waals surface area (Å²) in [5, 5.41) is 11.8. The van der Waals surface area contributed by atoms with E-state index in [9.17, 15) is 18.3 Å². The molecule has 1 N–H and O–H groups in total. The third-order valence-corrected chi connectivity index (χ3v) is 5.07. The Morgan fingerprint density at radius 1 is 0.885 bits per heavy atom. The summed E-state index contributed by atoms with van der Waals surface area (Å²) in [4.78, 5) is 0. The maximum Gasteiger partial charge on any atom is 0.416 e. The van der Waals surface area contributed by atoms with Crippen molar-refractivity contribution in [3.05, 3.63) is 76.4 Å². The first kappa shape index (κ1) is 18.7. The molecule has 0 aromatic heterocycles. The van der Waals surface area contributed by atoms with Crippen molar-refractivity contribution in [1.29, 1.82) is 0 Å². The minimum atomic E-state index is -4.38. The van der Waals surface area contributed by atoms with Crippen molar-refractivity contribution in [2.75, 3.05) is 0 Å². The Hall–Kier alpha value is -2.07. The van der Waals surface area contributed by atoms with Gasteiger partial charge in [-0.3, -0.25) is 0 Å². The molecule has 0 radical (unpaired) electrons. The van der Waals surface area contributed by atoms with Crippen molar-refractivity contribution in [1.82, 2.24) is 0 Å². The summed E-state index contributed by atoms with van der Waals surface area (Å²) < 4.78 is 38.8. The average molecular weight is 360 g/mol. The van der Waals surface area contributed by atoms with Crippen LogP contribution in [0.1, 0.15) is 61.8 Å². The van der Waals surface area contributed by atoms with Crippen LogP contribution in [-0.4, -0.2) is 5.11 Å². The fourth-order valence-corrected chi connectivity index (χ4v) is 3.95. The second kappa shape index (κ2) is 6.92. The lowest BCUT2D eigenvalue weighted by Gasteiger charge is -2.29. The van der Waals surface area contributed by atoms with E-state index < -0.39 is 17.3 Å². The minimum Gasteiger partial charge on any atom is -0.376 e. The number of hydrogen-bond acceptors (Lipinski definition) is 1. The van der Waals surface area contributed by atoms with Gasteiger partial charge in [0.15, 0.2) is 0 Å². The molecule has 2 aromatic rings. The predicted octanol–water partition coefficient (Wildman–Crippen LogP) is 6.31. The Bertz CT molecular complexity index is 818. The Labute approximate surface area is 152 Å². The Balaban J connectivity index is 2.19. The van der Waals surface area contributed by atoms with Crippen LogP contribution in [0.4, 0.5) is 13.2 Å². The lowest BCUT2D eigenvalue weighted by atomic mass is 9.81. The third kappa shape index (κ3) is 2.96. The number of aliphatic hydroxyl groups is 1. The van der Waals surface area contributed by atoms with Gasteiger partial charge in [-0.2, -0.15) is 13.2 Å². The molecule has 0 amide bonds. The molecule has 3 rings (SSSR count). The van der Waals surface area contributed by atoms with Crippen LogP contribution in [-0.2, 0) is 11.8 Å². The van der Waals surface area contributed by atoms with Gasteiger partial charge in [0.05, 0.1) is 5.56 Å². The van der Waals surface area contributed by atoms with E-state index in [0.29, 0.717) is 12.0 Å². The molecule has 1 nitrogen and oxygen atoms in total. The van der Waals surface area contributed by atoms with Gasteiger partial charge < -0.3 is 5.11 Å². The van der Waals surface area contributed by atoms with Crippen molar-refractivity contribution < 1.29 is 18.3 Å². The van der Waals surface area contributed by atoms with Gasteiger partial charge in [-0.05, 0) is 52.8 Å². The quantitative estimate of drug-likeness (QED) is 0.662. The Morgan fingerprint density at radius 2 is 1.50 bits per heavy atom. The molecule has 1 aliphatic carbocycles. The fraction of sp³-hybridized carbons (Fsp3) is 0.364. The summed E-state index contributed by atoms with van der Waals surface area (Å²) in [6.45, 7) is 4.14. The summed E-state index contributed by atoms with van der Waals surface area (Å²) in [5.41, 5.74) is 2.27. The van der Waals surface area contributed by atoms with Gasteiger partial charge in [0.2, 0.25) is 0 Å². The summed E-state index contributed by atoms with van der Waals surface area (Å²) in [6, 6.07) is 12.6. The summed E-state index contributed by atoms with van der Waals surface area (Å²) in [5.74, 6) is 0. The molecule has 0 spiro atoms. The number of rotatable bonds is 5. The van der Waals surface area contributed by atoms with Crippen LogP contribution >= 0.6 is 0 Å². The molecular formula is C22H23F3O. The molecule has 26 heavy (non-hydrogen) atoms. The normalized spacial score (nSPS) is 19.8. The lowest BCUT2D eigenvalue weighted by Crippen LogP contribution is -2.28. The van der Waals surface area contributed by atoms with E-state index in [-0.39, 0.29) is 0 Å². The second-order valence-corrected chi connectivity index (χ2v) is 6.79. The SMILES string of the molecule is CCCC1=C(CCC)C(O)(c2ccc(C(F)(F)F)cc2)c2ccccc21. The van der Waals surface area contributed by atoms with Gasteiger partial charge >= 0.3 is 6.18 Å². The number of fused-ring (bicyclic) bond motifs is 1. The zero-order chi connectivity index (χ0) is 18.9. The van der Waals surface area contributed by atoms with E-state index in [1.165, 1.54) is 12.1 Å². The molecule has 0 saturated carbocycles. The second-order valence-electron chi connectivity index (χ2n) is 6.79. The van der Waals surface area contributed by atoms with Crippen molar-refractivity contribution in [3.8, 4) is 0 Å². The monoisotopic (exact) mass is 360 g/mol. The van der Waals surface area contributed by atoms with E-state index in [4.69, 9.17) is 0 Å². The molecule has 138 valence electrons. The Kier molecular flexibility index (Phi) is 4.98. The summed E-state index contributed by atoms with van der Waals surface area (Å²) >= 11 is 0. The molecule has 2 aromatic carbocycles. The van der Waals surface area contributed by atoms with Crippen LogP contribution in [0.15, 0.2) is 54.1 Å². The third-order valence-electron chi connectivity index (χ3n) is 5.07. The van der Waals surface area contributed by atoms with Gasteiger partial charge in [-0.1, -0.05) is 63.1 Å². The van der Waals surface area contributed by atoms with E-state index in [2.05, 4.69) is 6.92 Å². The zero-order valence-electron chi connectivity index (χ0n) is 15.0. The van der Waals surface area contributed by atoms with Crippen LogP contribution in [0.3, 0.4) is 0 Å². The van der Waals surface area contributed by atoms with Gasteiger partial charge in [-0.25, -0.2) is 0 Å². The molecule has 1 aliphatic rings. The maximum atomic E-state index is 12.9. The van der Waals surface area contributed by atoms with Crippen molar-refractivity contribution in [3.63, 3.8) is 0 Å². The van der Waals surface area contributed by atoms with Crippen LogP contribution in [0, 0.1) is 0 Å². The average Bonchev–Trinajstić information content (AvgIpc) is 2.86. The van der Waals surface area contributed by atoms with Gasteiger partial charge in [0.1, 0.15) is 5.60 Å². The molecule has 1 unspecified atom stereocenters. The van der Waals surface area contributed by atoms with Gasteiger partial charge in [-0.15, -0.1) is 0 Å². The van der Waals surface area contributed by atoms with Gasteiger partial charge in [0.25, 0.3) is 0 Å². The number of halogens is 3. The molecule has 0 saturated heterocycles. The molecule has 4 heteroatoms. The number of allylic oxidation sites excluding steroid dienone is 1. The molecule has 0 bridgehead atoms. The summed E-state index contributed by atoms with van der Waals surface area (Å²) in [6.07, 6.45) is -1.03. The highest BCUT2D eigenvalue weighted by molar-refractivity contribution is 5.81. The topological polar surface area (TPSA) is 20.2 Å². The molecular weight excluding hydrogens is 337 g/mol. The first-order valence-electron chi connectivity index (χ1n) is 9.06. The number of benzene rings is 2. The summed E-state index contributed by atoms with van der Waals surface area (Å²) in [7, 11) is 0. The predicted molar refractivity (Wildman–Crippen MR) is 97.6 cm³/mol. The fourth-order valence-electron chi connectivity index (χ4n) is 3.95. The van der Waals surface area contributed by atoms with Crippen LogP contribution < -0.4 is 0 Å². The molecule has 0 heterocycles. The van der Waals surface area contributed by atoms with Crippen molar-refractivity contribution >= 4 is 5.57 Å². The minimum absolute atomic E-state index is 0.493. The van der Waals surface area contributed by atoms with Crippen LogP contribution in [0.2, 0.25) is 0 Å². The maximum absolute atomic E-state index is 12.9. The smallest absolute Gasteiger partial charge is 0.376 e. The highest BCUT2D eigenvalue weighted by Crippen LogP contribution is 2.51. The first-order valence-corrected chi connectivity index (χ1v) is 9.06.